The molecule has 5 nitrogen and oxygen atoms in total. The van der Waals surface area contributed by atoms with Crippen molar-refractivity contribution < 1.29 is 13.9 Å². The molecule has 0 amide bonds. The van der Waals surface area contributed by atoms with Crippen molar-refractivity contribution in [3.63, 3.8) is 0 Å². The van der Waals surface area contributed by atoms with Gasteiger partial charge in [0.05, 0.1) is 22.9 Å². The van der Waals surface area contributed by atoms with Crippen LogP contribution in [-0.2, 0) is 0 Å². The quantitative estimate of drug-likeness (QED) is 0.340. The van der Waals surface area contributed by atoms with Gasteiger partial charge in [-0.15, -0.1) is 10.2 Å². The highest BCUT2D eigenvalue weighted by molar-refractivity contribution is 7.99. The van der Waals surface area contributed by atoms with Gasteiger partial charge >= 0.3 is 0 Å². The van der Waals surface area contributed by atoms with Crippen molar-refractivity contribution >= 4 is 29.1 Å². The van der Waals surface area contributed by atoms with E-state index in [9.17, 15) is 0 Å². The molecule has 154 valence electrons. The Bertz CT molecular complexity index is 1250. The zero-order valence-electron chi connectivity index (χ0n) is 16.5. The van der Waals surface area contributed by atoms with Crippen LogP contribution < -0.4 is 9.47 Å². The minimum atomic E-state index is -0.0541. The third-order valence-corrected chi connectivity index (χ3v) is 6.20. The molecule has 0 fully saturated rings. The molecule has 5 rings (SSSR count). The Labute approximate surface area is 188 Å². The highest BCUT2D eigenvalue weighted by Crippen LogP contribution is 2.46. The summed E-state index contributed by atoms with van der Waals surface area (Å²) in [6.45, 7) is 0. The summed E-state index contributed by atoms with van der Waals surface area (Å²) in [5.41, 5.74) is 2.72. The fourth-order valence-electron chi connectivity index (χ4n) is 3.31. The monoisotopic (exact) mass is 448 g/mol. The van der Waals surface area contributed by atoms with Crippen LogP contribution in [0.5, 0.6) is 11.5 Å². The largest absolute Gasteiger partial charge is 0.497 e. The summed E-state index contributed by atoms with van der Waals surface area (Å²) in [6, 6.07) is 23.1. The molecule has 0 radical (unpaired) electrons. The van der Waals surface area contributed by atoms with E-state index in [2.05, 4.69) is 16.3 Å². The number of hydrogen-bond donors (Lipinski definition) is 0. The Balaban J connectivity index is 1.47. The van der Waals surface area contributed by atoms with Crippen LogP contribution in [0.2, 0.25) is 5.02 Å². The second-order valence-corrected chi connectivity index (χ2v) is 8.29. The van der Waals surface area contributed by atoms with E-state index in [4.69, 9.17) is 25.5 Å². The molecule has 7 heteroatoms. The van der Waals surface area contributed by atoms with Crippen molar-refractivity contribution in [1.29, 1.82) is 0 Å². The van der Waals surface area contributed by atoms with Crippen molar-refractivity contribution in [3.05, 3.63) is 95.0 Å². The van der Waals surface area contributed by atoms with Gasteiger partial charge in [-0.1, -0.05) is 53.7 Å². The number of methoxy groups -OCH3 is 1. The normalized spacial score (nSPS) is 15.0. The zero-order valence-corrected chi connectivity index (χ0v) is 18.1. The van der Waals surface area contributed by atoms with Gasteiger partial charge in [0.15, 0.2) is 0 Å². The Morgan fingerprint density at radius 2 is 1.71 bits per heavy atom. The van der Waals surface area contributed by atoms with Crippen molar-refractivity contribution in [2.24, 2.45) is 0 Å². The molecule has 0 aliphatic carbocycles. The third-order valence-electron chi connectivity index (χ3n) is 4.86. The average Bonchev–Trinajstić information content (AvgIpc) is 3.27. The summed E-state index contributed by atoms with van der Waals surface area (Å²) < 4.78 is 17.3. The van der Waals surface area contributed by atoms with Gasteiger partial charge in [0, 0.05) is 11.1 Å². The van der Waals surface area contributed by atoms with Gasteiger partial charge in [-0.05, 0) is 48.5 Å². The SMILES string of the molecule is COc1ccc(C2=CC(Sc3nnc(-c4ccccc4Cl)o3)c3ccccc3O2)cc1. The number of thioether (sulfide) groups is 1. The standard InChI is InChI=1S/C24H17ClN2O3S/c1-28-16-12-10-15(11-13-16)21-14-22(18-7-3-5-9-20(18)29-21)31-24-27-26-23(30-24)17-6-2-4-8-19(17)25/h2-14,22H,1H3. The summed E-state index contributed by atoms with van der Waals surface area (Å²) in [6.07, 6.45) is 2.06. The van der Waals surface area contributed by atoms with E-state index in [1.165, 1.54) is 11.8 Å². The molecule has 1 unspecified atom stereocenters. The molecule has 0 saturated carbocycles. The molecule has 3 aromatic carbocycles. The predicted molar refractivity (Wildman–Crippen MR) is 121 cm³/mol. The first kappa shape index (κ1) is 19.7. The number of halogens is 1. The fraction of sp³-hybridized carbons (Fsp3) is 0.0833. The van der Waals surface area contributed by atoms with Crippen LogP contribution in [0.15, 0.2) is 88.5 Å². The van der Waals surface area contributed by atoms with Gasteiger partial charge in [0.25, 0.3) is 5.22 Å². The Morgan fingerprint density at radius 3 is 2.52 bits per heavy atom. The maximum atomic E-state index is 6.27. The first-order valence-corrected chi connectivity index (χ1v) is 10.8. The summed E-state index contributed by atoms with van der Waals surface area (Å²) >= 11 is 7.74. The molecular weight excluding hydrogens is 432 g/mol. The molecule has 31 heavy (non-hydrogen) atoms. The van der Waals surface area contributed by atoms with Crippen LogP contribution in [0.1, 0.15) is 16.4 Å². The maximum Gasteiger partial charge on any atom is 0.277 e. The average molecular weight is 449 g/mol. The lowest BCUT2D eigenvalue weighted by Crippen LogP contribution is -2.07. The molecule has 0 bridgehead atoms. The van der Waals surface area contributed by atoms with Crippen LogP contribution in [-0.4, -0.2) is 17.3 Å². The minimum Gasteiger partial charge on any atom is -0.497 e. The highest BCUT2D eigenvalue weighted by Gasteiger charge is 2.25. The molecule has 1 aliphatic rings. The van der Waals surface area contributed by atoms with E-state index in [1.807, 2.05) is 66.7 Å². The predicted octanol–water partition coefficient (Wildman–Crippen LogP) is 6.67. The van der Waals surface area contributed by atoms with E-state index >= 15 is 0 Å². The second-order valence-electron chi connectivity index (χ2n) is 6.79. The molecule has 1 aromatic heterocycles. The van der Waals surface area contributed by atoms with Gasteiger partial charge in [0.2, 0.25) is 5.89 Å². The first-order valence-electron chi connectivity index (χ1n) is 9.59. The Hall–Kier alpha value is -3.22. The van der Waals surface area contributed by atoms with Crippen molar-refractivity contribution in [3.8, 4) is 23.0 Å². The molecule has 0 spiro atoms. The molecule has 4 aromatic rings. The molecule has 1 aliphatic heterocycles. The smallest absolute Gasteiger partial charge is 0.277 e. The van der Waals surface area contributed by atoms with Crippen LogP contribution in [0, 0.1) is 0 Å². The minimum absolute atomic E-state index is 0.0541. The lowest BCUT2D eigenvalue weighted by Gasteiger charge is -2.24. The summed E-state index contributed by atoms with van der Waals surface area (Å²) in [4.78, 5) is 0. The van der Waals surface area contributed by atoms with Gasteiger partial charge < -0.3 is 13.9 Å². The maximum absolute atomic E-state index is 6.27. The lowest BCUT2D eigenvalue weighted by atomic mass is 10.0. The molecule has 0 saturated heterocycles. The number of para-hydroxylation sites is 1. The van der Waals surface area contributed by atoms with Crippen LogP contribution in [0.4, 0.5) is 0 Å². The second kappa shape index (κ2) is 8.49. The third kappa shape index (κ3) is 4.04. The van der Waals surface area contributed by atoms with E-state index in [0.29, 0.717) is 21.7 Å². The number of aromatic nitrogens is 2. The molecular formula is C24H17ClN2O3S. The molecule has 2 heterocycles. The van der Waals surface area contributed by atoms with Crippen LogP contribution in [0.3, 0.4) is 0 Å². The summed E-state index contributed by atoms with van der Waals surface area (Å²) in [5, 5.41) is 9.38. The number of nitrogens with zero attached hydrogens (tertiary/aromatic N) is 2. The fourth-order valence-corrected chi connectivity index (χ4v) is 4.47. The van der Waals surface area contributed by atoms with Gasteiger partial charge in [-0.25, -0.2) is 0 Å². The van der Waals surface area contributed by atoms with Gasteiger partial charge in [-0.2, -0.15) is 0 Å². The highest BCUT2D eigenvalue weighted by atomic mass is 35.5. The topological polar surface area (TPSA) is 57.4 Å². The van der Waals surface area contributed by atoms with Crippen molar-refractivity contribution in [2.75, 3.05) is 7.11 Å². The summed E-state index contributed by atoms with van der Waals surface area (Å²) in [7, 11) is 1.65. The number of fused-ring (bicyclic) bond motifs is 1. The number of rotatable bonds is 5. The Morgan fingerprint density at radius 1 is 0.935 bits per heavy atom. The number of ether oxygens (including phenoxy) is 2. The van der Waals surface area contributed by atoms with Crippen LogP contribution in [0.25, 0.3) is 17.2 Å². The number of hydrogen-bond acceptors (Lipinski definition) is 6. The zero-order chi connectivity index (χ0) is 21.2. The lowest BCUT2D eigenvalue weighted by molar-refractivity contribution is 0.414. The van der Waals surface area contributed by atoms with Crippen molar-refractivity contribution in [2.45, 2.75) is 10.5 Å². The molecule has 1 atom stereocenters. The first-order chi connectivity index (χ1) is 15.2. The number of benzene rings is 3. The van der Waals surface area contributed by atoms with E-state index in [-0.39, 0.29) is 5.25 Å². The van der Waals surface area contributed by atoms with Gasteiger partial charge in [0.1, 0.15) is 17.3 Å². The van der Waals surface area contributed by atoms with Crippen LogP contribution >= 0.6 is 23.4 Å². The summed E-state index contributed by atoms with van der Waals surface area (Å²) in [5.74, 6) is 2.76. The Kier molecular flexibility index (Phi) is 5.40. The van der Waals surface area contributed by atoms with Crippen molar-refractivity contribution in [1.82, 2.24) is 10.2 Å². The van der Waals surface area contributed by atoms with E-state index in [0.717, 1.165) is 28.4 Å². The van der Waals surface area contributed by atoms with Gasteiger partial charge in [-0.3, -0.25) is 0 Å². The van der Waals surface area contributed by atoms with E-state index in [1.54, 1.807) is 13.2 Å². The van der Waals surface area contributed by atoms with E-state index < -0.39 is 0 Å². The molecule has 0 N–H and O–H groups in total.